The lowest BCUT2D eigenvalue weighted by Gasteiger charge is -1.99. The maximum absolute atomic E-state index is 13.4. The van der Waals surface area contributed by atoms with E-state index in [2.05, 4.69) is 10.0 Å². The number of nitrogens with zero attached hydrogens (tertiary/aromatic N) is 3. The first-order chi connectivity index (χ1) is 6.75. The molecule has 0 saturated heterocycles. The van der Waals surface area contributed by atoms with Gasteiger partial charge in [0.15, 0.2) is 0 Å². The normalized spacial score (nSPS) is 10.1. The number of hydrogen-bond acceptors (Lipinski definition) is 1. The van der Waals surface area contributed by atoms with E-state index >= 15 is 0 Å². The zero-order valence-electron chi connectivity index (χ0n) is 7.81. The van der Waals surface area contributed by atoms with E-state index in [1.807, 2.05) is 0 Å². The van der Waals surface area contributed by atoms with Gasteiger partial charge >= 0.3 is 0 Å². The van der Waals surface area contributed by atoms with E-state index in [4.69, 9.17) is 5.53 Å². The Hall–Kier alpha value is -1.80. The lowest BCUT2D eigenvalue weighted by Crippen LogP contribution is -1.86. The highest BCUT2D eigenvalue weighted by molar-refractivity contribution is 5.51. The van der Waals surface area contributed by atoms with E-state index in [9.17, 15) is 4.39 Å². The summed E-state index contributed by atoms with van der Waals surface area (Å²) in [7, 11) is 0. The molecule has 0 aliphatic carbocycles. The summed E-state index contributed by atoms with van der Waals surface area (Å²) in [5.74, 6) is -0.232. The molecule has 0 heterocycles. The summed E-state index contributed by atoms with van der Waals surface area (Å²) >= 11 is 0. The third-order valence-electron chi connectivity index (χ3n) is 1.77. The zero-order valence-corrected chi connectivity index (χ0v) is 7.81. The van der Waals surface area contributed by atoms with E-state index in [-0.39, 0.29) is 12.4 Å². The topological polar surface area (TPSA) is 48.8 Å². The molecule has 0 aliphatic heterocycles. The molecule has 1 rings (SSSR count). The smallest absolute Gasteiger partial charge is 0.133 e. The highest BCUT2D eigenvalue weighted by Crippen LogP contribution is 2.12. The van der Waals surface area contributed by atoms with Crippen LogP contribution in [0.4, 0.5) is 4.39 Å². The van der Waals surface area contributed by atoms with Crippen molar-refractivity contribution in [2.24, 2.45) is 5.11 Å². The van der Waals surface area contributed by atoms with Crippen molar-refractivity contribution < 1.29 is 4.39 Å². The minimum Gasteiger partial charge on any atom is -0.206 e. The van der Waals surface area contributed by atoms with Crippen LogP contribution in [0.3, 0.4) is 0 Å². The summed E-state index contributed by atoms with van der Waals surface area (Å²) in [4.78, 5) is 2.59. The van der Waals surface area contributed by atoms with E-state index in [1.165, 1.54) is 0 Å². The first-order valence-corrected chi connectivity index (χ1v) is 4.18. The van der Waals surface area contributed by atoms with Crippen LogP contribution >= 0.6 is 0 Å². The summed E-state index contributed by atoms with van der Waals surface area (Å²) < 4.78 is 13.4. The monoisotopic (exact) mass is 191 g/mol. The Morgan fingerprint density at radius 3 is 3.07 bits per heavy atom. The molecule has 0 saturated carbocycles. The zero-order chi connectivity index (χ0) is 10.4. The van der Waals surface area contributed by atoms with Crippen LogP contribution in [-0.2, 0) is 0 Å². The Kier molecular flexibility index (Phi) is 3.70. The Morgan fingerprint density at radius 2 is 2.36 bits per heavy atom. The molecule has 0 radical (unpaired) electrons. The lowest BCUT2D eigenvalue weighted by molar-refractivity contribution is 0.616. The minimum absolute atomic E-state index is 0.232. The second kappa shape index (κ2) is 5.04. The molecule has 0 bridgehead atoms. The van der Waals surface area contributed by atoms with Crippen molar-refractivity contribution in [1.29, 1.82) is 0 Å². The van der Waals surface area contributed by atoms with Gasteiger partial charge in [-0.2, -0.15) is 0 Å². The average Bonchev–Trinajstić information content (AvgIpc) is 2.19. The van der Waals surface area contributed by atoms with Gasteiger partial charge in [0.1, 0.15) is 5.82 Å². The Labute approximate surface area is 81.5 Å². The second-order valence-corrected chi connectivity index (χ2v) is 2.79. The van der Waals surface area contributed by atoms with E-state index in [1.54, 1.807) is 37.3 Å². The third kappa shape index (κ3) is 2.61. The molecule has 0 unspecified atom stereocenters. The van der Waals surface area contributed by atoms with Crippen LogP contribution in [0, 0.1) is 12.7 Å². The maximum atomic E-state index is 13.4. The highest BCUT2D eigenvalue weighted by atomic mass is 19.1. The number of hydrogen-bond donors (Lipinski definition) is 0. The molecule has 4 heteroatoms. The van der Waals surface area contributed by atoms with Crippen molar-refractivity contribution in [2.75, 3.05) is 6.54 Å². The molecule has 0 aromatic heterocycles. The molecule has 0 spiro atoms. The van der Waals surface area contributed by atoms with Gasteiger partial charge in [0.05, 0.1) is 0 Å². The van der Waals surface area contributed by atoms with Gasteiger partial charge in [-0.05, 0) is 18.0 Å². The van der Waals surface area contributed by atoms with Crippen LogP contribution in [0.2, 0.25) is 0 Å². The largest absolute Gasteiger partial charge is 0.206 e. The standard InChI is InChI=1S/C10H10FN3/c1-8-4-2-5-9(10(8)11)6-3-7-13-14-12/h2-6H,7H2,1H3. The summed E-state index contributed by atoms with van der Waals surface area (Å²) in [6.45, 7) is 1.95. The average molecular weight is 191 g/mol. The lowest BCUT2D eigenvalue weighted by atomic mass is 10.1. The molecule has 0 N–H and O–H groups in total. The number of benzene rings is 1. The van der Waals surface area contributed by atoms with Gasteiger partial charge in [-0.3, -0.25) is 0 Å². The molecular formula is C10H10FN3. The Morgan fingerprint density at radius 1 is 1.57 bits per heavy atom. The van der Waals surface area contributed by atoms with E-state index in [0.717, 1.165) is 0 Å². The molecule has 14 heavy (non-hydrogen) atoms. The molecule has 0 aliphatic rings. The summed E-state index contributed by atoms with van der Waals surface area (Å²) in [6.07, 6.45) is 3.23. The van der Waals surface area contributed by atoms with Crippen LogP contribution in [0.1, 0.15) is 11.1 Å². The fourth-order valence-electron chi connectivity index (χ4n) is 1.06. The van der Waals surface area contributed by atoms with Gasteiger partial charge in [-0.25, -0.2) is 4.39 Å². The van der Waals surface area contributed by atoms with Crippen LogP contribution in [0.5, 0.6) is 0 Å². The van der Waals surface area contributed by atoms with Crippen molar-refractivity contribution in [3.63, 3.8) is 0 Å². The van der Waals surface area contributed by atoms with Gasteiger partial charge in [0.2, 0.25) is 0 Å². The number of aryl methyl sites for hydroxylation is 1. The Balaban J connectivity index is 2.81. The molecule has 0 fully saturated rings. The fraction of sp³-hybridized carbons (Fsp3) is 0.200. The quantitative estimate of drug-likeness (QED) is 0.399. The first-order valence-electron chi connectivity index (χ1n) is 4.18. The second-order valence-electron chi connectivity index (χ2n) is 2.79. The van der Waals surface area contributed by atoms with Crippen LogP contribution in [0.25, 0.3) is 16.5 Å². The predicted octanol–water partition coefficient (Wildman–Crippen LogP) is 3.46. The molecule has 1 aromatic carbocycles. The van der Waals surface area contributed by atoms with Gasteiger partial charge in [0.25, 0.3) is 0 Å². The molecular weight excluding hydrogens is 181 g/mol. The van der Waals surface area contributed by atoms with Gasteiger partial charge in [0, 0.05) is 17.0 Å². The SMILES string of the molecule is Cc1cccc(C=CCN=[N+]=[N-])c1F. The molecule has 1 aromatic rings. The summed E-state index contributed by atoms with van der Waals surface area (Å²) in [5, 5.41) is 3.31. The van der Waals surface area contributed by atoms with Crippen molar-refractivity contribution in [3.05, 3.63) is 51.7 Å². The summed E-state index contributed by atoms with van der Waals surface area (Å²) in [5.41, 5.74) is 9.13. The van der Waals surface area contributed by atoms with Crippen LogP contribution < -0.4 is 0 Å². The Bertz CT molecular complexity index is 392. The number of rotatable bonds is 3. The van der Waals surface area contributed by atoms with Gasteiger partial charge in [-0.15, -0.1) is 0 Å². The van der Waals surface area contributed by atoms with Crippen molar-refractivity contribution >= 4 is 6.08 Å². The van der Waals surface area contributed by atoms with Crippen molar-refractivity contribution in [2.45, 2.75) is 6.92 Å². The molecule has 0 amide bonds. The van der Waals surface area contributed by atoms with E-state index < -0.39 is 0 Å². The van der Waals surface area contributed by atoms with Gasteiger partial charge in [-0.1, -0.05) is 35.5 Å². The van der Waals surface area contributed by atoms with Crippen molar-refractivity contribution in [1.82, 2.24) is 0 Å². The van der Waals surface area contributed by atoms with Crippen LogP contribution in [-0.4, -0.2) is 6.54 Å². The number of azide groups is 1. The maximum Gasteiger partial charge on any atom is 0.133 e. The fourth-order valence-corrected chi connectivity index (χ4v) is 1.06. The van der Waals surface area contributed by atoms with Crippen molar-refractivity contribution in [3.8, 4) is 0 Å². The molecule has 0 atom stereocenters. The highest BCUT2D eigenvalue weighted by Gasteiger charge is 1.99. The summed E-state index contributed by atoms with van der Waals surface area (Å²) in [6, 6.07) is 5.17. The van der Waals surface area contributed by atoms with Gasteiger partial charge < -0.3 is 0 Å². The third-order valence-corrected chi connectivity index (χ3v) is 1.77. The molecule has 3 nitrogen and oxygen atoms in total. The first kappa shape index (κ1) is 10.3. The number of halogens is 1. The minimum atomic E-state index is -0.232. The van der Waals surface area contributed by atoms with Crippen LogP contribution in [0.15, 0.2) is 29.4 Å². The van der Waals surface area contributed by atoms with E-state index in [0.29, 0.717) is 11.1 Å². The predicted molar refractivity (Wildman–Crippen MR) is 54.2 cm³/mol. The molecule has 72 valence electrons.